The molecule has 1 aromatic rings. The second kappa shape index (κ2) is 4.63. The lowest BCUT2D eigenvalue weighted by Gasteiger charge is -2.23. The van der Waals surface area contributed by atoms with Crippen LogP contribution in [0.25, 0.3) is 0 Å². The van der Waals surface area contributed by atoms with Gasteiger partial charge in [0.1, 0.15) is 13.2 Å². The van der Waals surface area contributed by atoms with E-state index in [1.807, 2.05) is 13.0 Å². The summed E-state index contributed by atoms with van der Waals surface area (Å²) >= 11 is 3.51. The van der Waals surface area contributed by atoms with Crippen LogP contribution >= 0.6 is 15.9 Å². The van der Waals surface area contributed by atoms with Gasteiger partial charge in [0, 0.05) is 4.47 Å². The first-order valence-corrected chi connectivity index (χ1v) is 6.14. The fourth-order valence-electron chi connectivity index (χ4n) is 1.90. The van der Waals surface area contributed by atoms with E-state index in [2.05, 4.69) is 15.9 Å². The zero-order chi connectivity index (χ0) is 11.7. The number of rotatable bonds is 2. The van der Waals surface area contributed by atoms with Gasteiger partial charge in [0.2, 0.25) is 0 Å². The molecule has 0 saturated carbocycles. The third-order valence-corrected chi connectivity index (χ3v) is 3.36. The standard InChI is InChI=1S/C12H15BrO3/c1-7(14)5-9-8(2)12-11(6-10(9)13)15-3-4-16-12/h6-7,14H,3-5H2,1-2H3. The first kappa shape index (κ1) is 11.7. The lowest BCUT2D eigenvalue weighted by molar-refractivity contribution is 0.169. The highest BCUT2D eigenvalue weighted by Crippen LogP contribution is 2.40. The Morgan fingerprint density at radius 1 is 1.44 bits per heavy atom. The number of aliphatic hydroxyl groups is 1. The smallest absolute Gasteiger partial charge is 0.164 e. The third-order valence-electron chi connectivity index (χ3n) is 2.65. The number of hydrogen-bond acceptors (Lipinski definition) is 3. The highest BCUT2D eigenvalue weighted by molar-refractivity contribution is 9.10. The minimum atomic E-state index is -0.363. The quantitative estimate of drug-likeness (QED) is 0.908. The van der Waals surface area contributed by atoms with E-state index >= 15 is 0 Å². The molecular weight excluding hydrogens is 272 g/mol. The Morgan fingerprint density at radius 2 is 2.12 bits per heavy atom. The summed E-state index contributed by atoms with van der Waals surface area (Å²) in [5.74, 6) is 1.59. The van der Waals surface area contributed by atoms with Gasteiger partial charge in [-0.05, 0) is 37.5 Å². The summed E-state index contributed by atoms with van der Waals surface area (Å²) in [6, 6.07) is 1.92. The molecule has 0 bridgehead atoms. The van der Waals surface area contributed by atoms with Gasteiger partial charge in [-0.2, -0.15) is 0 Å². The van der Waals surface area contributed by atoms with Crippen molar-refractivity contribution in [1.82, 2.24) is 0 Å². The van der Waals surface area contributed by atoms with E-state index in [-0.39, 0.29) is 6.10 Å². The van der Waals surface area contributed by atoms with Crippen molar-refractivity contribution in [3.63, 3.8) is 0 Å². The molecule has 0 spiro atoms. The van der Waals surface area contributed by atoms with Crippen LogP contribution in [0.2, 0.25) is 0 Å². The van der Waals surface area contributed by atoms with Crippen molar-refractivity contribution >= 4 is 15.9 Å². The lowest BCUT2D eigenvalue weighted by atomic mass is 10.0. The Hall–Kier alpha value is -0.740. The molecule has 1 aromatic carbocycles. The summed E-state index contributed by atoms with van der Waals surface area (Å²) in [6.45, 7) is 4.96. The van der Waals surface area contributed by atoms with Crippen LogP contribution in [0, 0.1) is 6.92 Å². The van der Waals surface area contributed by atoms with Crippen molar-refractivity contribution in [2.75, 3.05) is 13.2 Å². The number of hydrogen-bond donors (Lipinski definition) is 1. The van der Waals surface area contributed by atoms with Gasteiger partial charge in [0.15, 0.2) is 11.5 Å². The predicted molar refractivity (Wildman–Crippen MR) is 65.3 cm³/mol. The van der Waals surface area contributed by atoms with Gasteiger partial charge in [-0.15, -0.1) is 0 Å². The van der Waals surface area contributed by atoms with Gasteiger partial charge in [-0.25, -0.2) is 0 Å². The van der Waals surface area contributed by atoms with Crippen LogP contribution in [0.4, 0.5) is 0 Å². The van der Waals surface area contributed by atoms with Crippen LogP contribution in [0.5, 0.6) is 11.5 Å². The van der Waals surface area contributed by atoms with Gasteiger partial charge < -0.3 is 14.6 Å². The molecule has 3 nitrogen and oxygen atoms in total. The molecule has 1 heterocycles. The molecule has 1 aliphatic heterocycles. The highest BCUT2D eigenvalue weighted by atomic mass is 79.9. The van der Waals surface area contributed by atoms with Crippen LogP contribution in [-0.2, 0) is 6.42 Å². The molecule has 1 atom stereocenters. The predicted octanol–water partition coefficient (Wildman–Crippen LogP) is 2.45. The van der Waals surface area contributed by atoms with Crippen LogP contribution in [0.1, 0.15) is 18.1 Å². The Kier molecular flexibility index (Phi) is 3.40. The number of halogens is 1. The molecule has 1 unspecified atom stereocenters. The van der Waals surface area contributed by atoms with E-state index in [9.17, 15) is 5.11 Å². The van der Waals surface area contributed by atoms with Crippen molar-refractivity contribution in [2.45, 2.75) is 26.4 Å². The normalized spacial score (nSPS) is 16.0. The zero-order valence-electron chi connectivity index (χ0n) is 9.42. The average molecular weight is 287 g/mol. The van der Waals surface area contributed by atoms with Gasteiger partial charge in [-0.3, -0.25) is 0 Å². The van der Waals surface area contributed by atoms with Crippen molar-refractivity contribution in [3.05, 3.63) is 21.7 Å². The monoisotopic (exact) mass is 286 g/mol. The maximum Gasteiger partial charge on any atom is 0.164 e. The molecule has 0 aliphatic carbocycles. The third kappa shape index (κ3) is 2.18. The van der Waals surface area contributed by atoms with Gasteiger partial charge in [0.05, 0.1) is 6.10 Å². The first-order chi connectivity index (χ1) is 7.59. The summed E-state index contributed by atoms with van der Waals surface area (Å²) < 4.78 is 12.1. The molecule has 4 heteroatoms. The number of fused-ring (bicyclic) bond motifs is 1. The molecule has 0 radical (unpaired) electrons. The van der Waals surface area contributed by atoms with Gasteiger partial charge in [0.25, 0.3) is 0 Å². The van der Waals surface area contributed by atoms with E-state index < -0.39 is 0 Å². The Balaban J connectivity index is 2.45. The second-order valence-electron chi connectivity index (χ2n) is 4.04. The fraction of sp³-hybridized carbons (Fsp3) is 0.500. The zero-order valence-corrected chi connectivity index (χ0v) is 11.0. The molecule has 2 rings (SSSR count). The van der Waals surface area contributed by atoms with Gasteiger partial charge in [-0.1, -0.05) is 15.9 Å². The van der Waals surface area contributed by atoms with Crippen molar-refractivity contribution in [1.29, 1.82) is 0 Å². The van der Waals surface area contributed by atoms with E-state index in [0.29, 0.717) is 19.6 Å². The fourth-order valence-corrected chi connectivity index (χ4v) is 2.56. The molecule has 1 aliphatic rings. The van der Waals surface area contributed by atoms with E-state index in [0.717, 1.165) is 27.1 Å². The van der Waals surface area contributed by atoms with Crippen molar-refractivity contribution in [3.8, 4) is 11.5 Å². The van der Waals surface area contributed by atoms with Crippen molar-refractivity contribution < 1.29 is 14.6 Å². The largest absolute Gasteiger partial charge is 0.486 e. The Bertz CT molecular complexity index is 402. The van der Waals surface area contributed by atoms with Crippen molar-refractivity contribution in [2.24, 2.45) is 0 Å². The summed E-state index contributed by atoms with van der Waals surface area (Å²) in [6.07, 6.45) is 0.251. The van der Waals surface area contributed by atoms with Crippen LogP contribution in [-0.4, -0.2) is 24.4 Å². The topological polar surface area (TPSA) is 38.7 Å². The first-order valence-electron chi connectivity index (χ1n) is 5.35. The summed E-state index contributed by atoms with van der Waals surface area (Å²) in [7, 11) is 0. The minimum absolute atomic E-state index is 0.363. The Morgan fingerprint density at radius 3 is 2.81 bits per heavy atom. The SMILES string of the molecule is Cc1c(CC(C)O)c(Br)cc2c1OCCO2. The number of ether oxygens (including phenoxy) is 2. The molecule has 88 valence electrons. The minimum Gasteiger partial charge on any atom is -0.486 e. The van der Waals surface area contributed by atoms with E-state index in [4.69, 9.17) is 9.47 Å². The Labute approximate surface area is 104 Å². The summed E-state index contributed by atoms with van der Waals surface area (Å²) in [5, 5.41) is 9.47. The summed E-state index contributed by atoms with van der Waals surface area (Å²) in [4.78, 5) is 0. The average Bonchev–Trinajstić information content (AvgIpc) is 2.24. The lowest BCUT2D eigenvalue weighted by Crippen LogP contribution is -2.17. The molecule has 0 aromatic heterocycles. The highest BCUT2D eigenvalue weighted by Gasteiger charge is 2.20. The van der Waals surface area contributed by atoms with Crippen LogP contribution < -0.4 is 9.47 Å². The van der Waals surface area contributed by atoms with Gasteiger partial charge >= 0.3 is 0 Å². The van der Waals surface area contributed by atoms with E-state index in [1.54, 1.807) is 6.92 Å². The van der Waals surface area contributed by atoms with Crippen LogP contribution in [0.15, 0.2) is 10.5 Å². The van der Waals surface area contributed by atoms with E-state index in [1.165, 1.54) is 0 Å². The molecule has 16 heavy (non-hydrogen) atoms. The maximum atomic E-state index is 9.47. The number of benzene rings is 1. The van der Waals surface area contributed by atoms with Crippen LogP contribution in [0.3, 0.4) is 0 Å². The molecular formula is C12H15BrO3. The molecule has 1 N–H and O–H groups in total. The second-order valence-corrected chi connectivity index (χ2v) is 4.89. The number of aliphatic hydroxyl groups excluding tert-OH is 1. The molecule has 0 fully saturated rings. The molecule has 0 saturated heterocycles. The summed E-state index contributed by atoms with van der Waals surface area (Å²) in [5.41, 5.74) is 2.13. The maximum absolute atomic E-state index is 9.47. The molecule has 0 amide bonds.